The molecule has 4 nitrogen and oxygen atoms in total. The van der Waals surface area contributed by atoms with Crippen molar-refractivity contribution in [2.24, 2.45) is 0 Å². The van der Waals surface area contributed by atoms with Gasteiger partial charge in [0.25, 0.3) is 0 Å². The molecule has 2 rings (SSSR count). The minimum atomic E-state index is 0.185. The number of nitrogens with zero attached hydrogens (tertiary/aromatic N) is 4. The molecule has 0 amide bonds. The Labute approximate surface area is 94.2 Å². The summed E-state index contributed by atoms with van der Waals surface area (Å²) in [7, 11) is 0. The molecule has 0 unspecified atom stereocenters. The van der Waals surface area contributed by atoms with E-state index in [-0.39, 0.29) is 6.04 Å². The van der Waals surface area contributed by atoms with E-state index in [1.165, 1.54) is 0 Å². The summed E-state index contributed by atoms with van der Waals surface area (Å²) in [6.45, 7) is 4.01. The topological polar surface area (TPSA) is 54.5 Å². The Hall–Kier alpha value is -2.15. The Morgan fingerprint density at radius 1 is 1.31 bits per heavy atom. The molecule has 0 saturated heterocycles. The Bertz CT molecular complexity index is 520. The Morgan fingerprint density at radius 3 is 2.50 bits per heavy atom. The average molecular weight is 212 g/mol. The van der Waals surface area contributed by atoms with E-state index >= 15 is 0 Å². The van der Waals surface area contributed by atoms with E-state index in [0.29, 0.717) is 5.69 Å². The molecule has 0 aromatic carbocycles. The fraction of sp³-hybridized carbons (Fsp3) is 0.250. The molecule has 0 N–H and O–H groups in total. The highest BCUT2D eigenvalue weighted by Crippen LogP contribution is 2.20. The van der Waals surface area contributed by atoms with Crippen LogP contribution in [0, 0.1) is 11.3 Å². The molecule has 2 heterocycles. The van der Waals surface area contributed by atoms with E-state index < -0.39 is 0 Å². The molecule has 0 spiro atoms. The van der Waals surface area contributed by atoms with Gasteiger partial charge in [-0.2, -0.15) is 10.4 Å². The maximum absolute atomic E-state index is 9.00. The van der Waals surface area contributed by atoms with Crippen LogP contribution in [0.1, 0.15) is 25.6 Å². The molecule has 0 radical (unpaired) electrons. The molecule has 4 heteroatoms. The van der Waals surface area contributed by atoms with E-state index in [2.05, 4.69) is 16.2 Å². The second kappa shape index (κ2) is 4.15. The van der Waals surface area contributed by atoms with Gasteiger partial charge in [0.05, 0.1) is 5.69 Å². The molecule has 16 heavy (non-hydrogen) atoms. The summed E-state index contributed by atoms with van der Waals surface area (Å²) < 4.78 is 1.73. The lowest BCUT2D eigenvalue weighted by atomic mass is 10.2. The van der Waals surface area contributed by atoms with Crippen LogP contribution in [-0.2, 0) is 0 Å². The summed E-state index contributed by atoms with van der Waals surface area (Å²) in [6, 6.07) is 7.90. The zero-order valence-electron chi connectivity index (χ0n) is 9.25. The molecule has 0 atom stereocenters. The fourth-order valence-electron chi connectivity index (χ4n) is 1.54. The Kier molecular flexibility index (Phi) is 2.69. The van der Waals surface area contributed by atoms with Crippen LogP contribution >= 0.6 is 0 Å². The highest BCUT2D eigenvalue weighted by atomic mass is 15.3. The van der Waals surface area contributed by atoms with Crippen molar-refractivity contribution in [3.8, 4) is 17.3 Å². The van der Waals surface area contributed by atoms with Crippen LogP contribution in [-0.4, -0.2) is 14.8 Å². The number of pyridine rings is 1. The lowest BCUT2D eigenvalue weighted by Gasteiger charge is -2.05. The third-order valence-electron chi connectivity index (χ3n) is 2.32. The van der Waals surface area contributed by atoms with Crippen LogP contribution in [0.5, 0.6) is 0 Å². The van der Waals surface area contributed by atoms with Gasteiger partial charge in [-0.3, -0.25) is 9.67 Å². The lowest BCUT2D eigenvalue weighted by Crippen LogP contribution is -2.05. The van der Waals surface area contributed by atoms with E-state index in [9.17, 15) is 0 Å². The number of hydrogen-bond acceptors (Lipinski definition) is 3. The van der Waals surface area contributed by atoms with Gasteiger partial charge in [-0.25, -0.2) is 0 Å². The third-order valence-corrected chi connectivity index (χ3v) is 2.32. The summed E-state index contributed by atoms with van der Waals surface area (Å²) in [6.07, 6.45) is 3.44. The molecular formula is C12H12N4. The molecule has 0 fully saturated rings. The van der Waals surface area contributed by atoms with E-state index in [0.717, 1.165) is 11.3 Å². The lowest BCUT2D eigenvalue weighted by molar-refractivity contribution is 0.528. The number of hydrogen-bond donors (Lipinski definition) is 0. The van der Waals surface area contributed by atoms with Crippen molar-refractivity contribution in [1.29, 1.82) is 5.26 Å². The molecule has 0 aliphatic rings. The molecule has 2 aromatic heterocycles. The normalized spacial score (nSPS) is 10.4. The van der Waals surface area contributed by atoms with Gasteiger partial charge in [-0.1, -0.05) is 0 Å². The first-order valence-electron chi connectivity index (χ1n) is 5.12. The molecule has 0 aliphatic heterocycles. The second-order valence-electron chi connectivity index (χ2n) is 3.80. The zero-order valence-corrected chi connectivity index (χ0v) is 9.25. The van der Waals surface area contributed by atoms with Crippen LogP contribution in [0.2, 0.25) is 0 Å². The van der Waals surface area contributed by atoms with Crippen molar-refractivity contribution < 1.29 is 0 Å². The summed E-state index contributed by atoms with van der Waals surface area (Å²) in [4.78, 5) is 3.96. The number of aromatic nitrogens is 3. The van der Waals surface area contributed by atoms with Crippen molar-refractivity contribution in [3.05, 3.63) is 36.3 Å². The van der Waals surface area contributed by atoms with Crippen molar-refractivity contribution in [1.82, 2.24) is 14.8 Å². The largest absolute Gasteiger partial charge is 0.265 e. The predicted octanol–water partition coefficient (Wildman–Crippen LogP) is 2.40. The Balaban J connectivity index is 2.49. The first-order chi connectivity index (χ1) is 7.72. The van der Waals surface area contributed by atoms with Crippen LogP contribution in [0.3, 0.4) is 0 Å². The molecule has 0 saturated carbocycles. The summed E-state index contributed by atoms with van der Waals surface area (Å²) in [5, 5.41) is 13.4. The van der Waals surface area contributed by atoms with Gasteiger partial charge in [0.15, 0.2) is 0 Å². The van der Waals surface area contributed by atoms with Gasteiger partial charge in [0.1, 0.15) is 11.8 Å². The molecule has 0 bridgehead atoms. The second-order valence-corrected chi connectivity index (χ2v) is 3.80. The van der Waals surface area contributed by atoms with Crippen LogP contribution in [0.4, 0.5) is 0 Å². The summed E-state index contributed by atoms with van der Waals surface area (Å²) >= 11 is 0. The highest BCUT2D eigenvalue weighted by molar-refractivity contribution is 5.59. The summed E-state index contributed by atoms with van der Waals surface area (Å²) in [5.74, 6) is 0. The van der Waals surface area contributed by atoms with Gasteiger partial charge in [-0.15, -0.1) is 0 Å². The van der Waals surface area contributed by atoms with E-state index in [1.54, 1.807) is 23.1 Å². The SMILES string of the molecule is CC(C)n1nc(-c2ccncc2)cc1C#N. The molecule has 80 valence electrons. The van der Waals surface area contributed by atoms with E-state index in [4.69, 9.17) is 5.26 Å². The van der Waals surface area contributed by atoms with Crippen molar-refractivity contribution in [2.45, 2.75) is 19.9 Å². The van der Waals surface area contributed by atoms with E-state index in [1.807, 2.05) is 26.0 Å². The van der Waals surface area contributed by atoms with Gasteiger partial charge < -0.3 is 0 Å². The number of rotatable bonds is 2. The third kappa shape index (κ3) is 1.80. The summed E-state index contributed by atoms with van der Waals surface area (Å²) in [5.41, 5.74) is 2.38. The van der Waals surface area contributed by atoms with Gasteiger partial charge >= 0.3 is 0 Å². The van der Waals surface area contributed by atoms with Crippen LogP contribution in [0.25, 0.3) is 11.3 Å². The molecule has 0 aliphatic carbocycles. The standard InChI is InChI=1S/C12H12N4/c1-9(2)16-11(8-13)7-12(15-16)10-3-5-14-6-4-10/h3-7,9H,1-2H3. The highest BCUT2D eigenvalue weighted by Gasteiger charge is 2.10. The zero-order chi connectivity index (χ0) is 11.5. The average Bonchev–Trinajstić information content (AvgIpc) is 2.74. The number of nitriles is 1. The quantitative estimate of drug-likeness (QED) is 0.768. The Morgan fingerprint density at radius 2 is 2.00 bits per heavy atom. The van der Waals surface area contributed by atoms with Gasteiger partial charge in [0, 0.05) is 30.1 Å². The van der Waals surface area contributed by atoms with Crippen LogP contribution < -0.4 is 0 Å². The van der Waals surface area contributed by atoms with Gasteiger partial charge in [-0.05, 0) is 26.0 Å². The van der Waals surface area contributed by atoms with Crippen molar-refractivity contribution >= 4 is 0 Å². The maximum Gasteiger partial charge on any atom is 0.139 e. The minimum absolute atomic E-state index is 0.185. The first-order valence-corrected chi connectivity index (χ1v) is 5.12. The van der Waals surface area contributed by atoms with Crippen molar-refractivity contribution in [2.75, 3.05) is 0 Å². The van der Waals surface area contributed by atoms with Crippen LogP contribution in [0.15, 0.2) is 30.6 Å². The minimum Gasteiger partial charge on any atom is -0.265 e. The maximum atomic E-state index is 9.00. The fourth-order valence-corrected chi connectivity index (χ4v) is 1.54. The molecular weight excluding hydrogens is 200 g/mol. The van der Waals surface area contributed by atoms with Crippen molar-refractivity contribution in [3.63, 3.8) is 0 Å². The predicted molar refractivity (Wildman–Crippen MR) is 60.6 cm³/mol. The first kappa shape index (κ1) is 10.4. The van der Waals surface area contributed by atoms with Gasteiger partial charge in [0.2, 0.25) is 0 Å². The smallest absolute Gasteiger partial charge is 0.139 e. The molecule has 2 aromatic rings. The monoisotopic (exact) mass is 212 g/mol.